The molecule has 6 rings (SSSR count). The molecule has 2 N–H and O–H groups in total. The second-order valence-electron chi connectivity index (χ2n) is 10.3. The van der Waals surface area contributed by atoms with Gasteiger partial charge in [-0.25, -0.2) is 24.6 Å². The maximum Gasteiger partial charge on any atom is 0.434 e. The number of hydrogen-bond acceptors (Lipinski definition) is 7. The molecule has 4 heterocycles. The highest BCUT2D eigenvalue weighted by atomic mass is 19.4. The molecule has 5 aromatic rings. The van der Waals surface area contributed by atoms with E-state index in [2.05, 4.69) is 41.9 Å². The zero-order valence-corrected chi connectivity index (χ0v) is 22.6. The maximum atomic E-state index is 13.5. The van der Waals surface area contributed by atoms with E-state index in [1.165, 1.54) is 10.9 Å². The van der Waals surface area contributed by atoms with Crippen LogP contribution in [0.1, 0.15) is 61.2 Å². The predicted molar refractivity (Wildman–Crippen MR) is 147 cm³/mol. The number of fused-ring (bicyclic) bond motifs is 1. The number of rotatable bonds is 6. The number of benzene rings is 1. The number of imidazole rings is 1. The Morgan fingerprint density at radius 3 is 2.69 bits per heavy atom. The van der Waals surface area contributed by atoms with E-state index in [1.54, 1.807) is 49.1 Å². The van der Waals surface area contributed by atoms with E-state index in [0.717, 1.165) is 19.0 Å². The van der Waals surface area contributed by atoms with Gasteiger partial charge in [0.2, 0.25) is 0 Å². The topological polar surface area (TPSA) is 127 Å². The van der Waals surface area contributed by atoms with Crippen LogP contribution in [-0.4, -0.2) is 51.0 Å². The summed E-state index contributed by atoms with van der Waals surface area (Å²) in [6.07, 6.45) is 2.92. The zero-order chi connectivity index (χ0) is 29.6. The zero-order valence-electron chi connectivity index (χ0n) is 22.6. The number of halogens is 3. The minimum atomic E-state index is -4.59. The summed E-state index contributed by atoms with van der Waals surface area (Å²) in [4.78, 5) is 32.7. The van der Waals surface area contributed by atoms with E-state index < -0.39 is 18.5 Å². The lowest BCUT2D eigenvalue weighted by Gasteiger charge is -2.13. The average molecular weight is 575 g/mol. The number of aromatic nitrogens is 8. The summed E-state index contributed by atoms with van der Waals surface area (Å²) in [5.74, 6) is 6.14. The van der Waals surface area contributed by atoms with Gasteiger partial charge in [0.05, 0.1) is 30.1 Å². The van der Waals surface area contributed by atoms with Crippen LogP contribution in [0.15, 0.2) is 47.9 Å². The largest absolute Gasteiger partial charge is 0.434 e. The quantitative estimate of drug-likeness (QED) is 0.289. The molecule has 214 valence electrons. The SMILES string of the molecule is CC(C)n1cc(C(F)(F)F)nc1-c1ccc(Cn2ncc3cnc(-c4c(C5CC5)nc[nH]c4=O)nc32)c(C#CCO)c1. The predicted octanol–water partition coefficient (Wildman–Crippen LogP) is 4.31. The molecule has 42 heavy (non-hydrogen) atoms. The summed E-state index contributed by atoms with van der Waals surface area (Å²) in [5, 5.41) is 14.5. The minimum absolute atomic E-state index is 0.158. The Kier molecular flexibility index (Phi) is 6.86. The molecule has 10 nitrogen and oxygen atoms in total. The van der Waals surface area contributed by atoms with Crippen molar-refractivity contribution < 1.29 is 18.3 Å². The molecule has 0 saturated heterocycles. The Balaban J connectivity index is 1.41. The van der Waals surface area contributed by atoms with Crippen LogP contribution in [0.25, 0.3) is 33.8 Å². The highest BCUT2D eigenvalue weighted by Crippen LogP contribution is 2.41. The molecule has 0 amide bonds. The van der Waals surface area contributed by atoms with E-state index >= 15 is 0 Å². The van der Waals surface area contributed by atoms with E-state index in [9.17, 15) is 23.1 Å². The number of aliphatic hydroxyl groups is 1. The summed E-state index contributed by atoms with van der Waals surface area (Å²) in [7, 11) is 0. The summed E-state index contributed by atoms with van der Waals surface area (Å²) in [6.45, 7) is 3.36. The normalized spacial score (nSPS) is 13.5. The van der Waals surface area contributed by atoms with Gasteiger partial charge in [-0.15, -0.1) is 0 Å². The molecule has 0 bridgehead atoms. The van der Waals surface area contributed by atoms with Crippen LogP contribution in [0.3, 0.4) is 0 Å². The van der Waals surface area contributed by atoms with Gasteiger partial charge in [-0.05, 0) is 38.3 Å². The molecule has 1 aromatic carbocycles. The Bertz CT molecular complexity index is 1920. The van der Waals surface area contributed by atoms with Crippen LogP contribution >= 0.6 is 0 Å². The number of aromatic amines is 1. The molecular weight excluding hydrogens is 549 g/mol. The van der Waals surface area contributed by atoms with Crippen molar-refractivity contribution >= 4 is 11.0 Å². The maximum absolute atomic E-state index is 13.5. The summed E-state index contributed by atoms with van der Waals surface area (Å²) in [5.41, 5.74) is 1.84. The fraction of sp³-hybridized carbons (Fsp3) is 0.310. The van der Waals surface area contributed by atoms with Crippen molar-refractivity contribution in [2.24, 2.45) is 0 Å². The highest BCUT2D eigenvalue weighted by Gasteiger charge is 2.35. The van der Waals surface area contributed by atoms with Crippen molar-refractivity contribution in [3.05, 3.63) is 76.0 Å². The van der Waals surface area contributed by atoms with Gasteiger partial charge in [0, 0.05) is 35.5 Å². The fourth-order valence-corrected chi connectivity index (χ4v) is 4.80. The molecule has 0 aliphatic heterocycles. The number of alkyl halides is 3. The first kappa shape index (κ1) is 27.3. The number of aliphatic hydroxyl groups excluding tert-OH is 1. The first-order chi connectivity index (χ1) is 20.1. The molecule has 1 fully saturated rings. The molecule has 0 radical (unpaired) electrons. The second-order valence-corrected chi connectivity index (χ2v) is 10.3. The third-order valence-electron chi connectivity index (χ3n) is 7.02. The van der Waals surface area contributed by atoms with Crippen molar-refractivity contribution in [1.82, 2.24) is 39.3 Å². The van der Waals surface area contributed by atoms with Crippen LogP contribution in [-0.2, 0) is 12.7 Å². The van der Waals surface area contributed by atoms with Crippen molar-refractivity contribution in [3.63, 3.8) is 0 Å². The lowest BCUT2D eigenvalue weighted by molar-refractivity contribution is -0.140. The lowest BCUT2D eigenvalue weighted by Crippen LogP contribution is -2.15. The van der Waals surface area contributed by atoms with E-state index in [4.69, 9.17) is 0 Å². The van der Waals surface area contributed by atoms with Gasteiger partial charge in [0.25, 0.3) is 5.56 Å². The van der Waals surface area contributed by atoms with Crippen LogP contribution in [0, 0.1) is 11.8 Å². The second kappa shape index (κ2) is 10.5. The molecule has 0 atom stereocenters. The number of hydrogen-bond donors (Lipinski definition) is 2. The summed E-state index contributed by atoms with van der Waals surface area (Å²) < 4.78 is 43.5. The number of nitrogens with zero attached hydrogens (tertiary/aromatic N) is 7. The molecule has 1 aliphatic carbocycles. The van der Waals surface area contributed by atoms with Gasteiger partial charge in [-0.3, -0.25) is 4.79 Å². The van der Waals surface area contributed by atoms with Crippen LogP contribution in [0.5, 0.6) is 0 Å². The Morgan fingerprint density at radius 2 is 1.98 bits per heavy atom. The van der Waals surface area contributed by atoms with Crippen LogP contribution < -0.4 is 5.56 Å². The van der Waals surface area contributed by atoms with E-state index in [-0.39, 0.29) is 35.7 Å². The van der Waals surface area contributed by atoms with Gasteiger partial charge >= 0.3 is 6.18 Å². The van der Waals surface area contributed by atoms with Crippen molar-refractivity contribution in [2.75, 3.05) is 6.61 Å². The van der Waals surface area contributed by atoms with Gasteiger partial charge < -0.3 is 14.7 Å². The Morgan fingerprint density at radius 1 is 1.17 bits per heavy atom. The van der Waals surface area contributed by atoms with E-state index in [1.807, 2.05) is 0 Å². The third-order valence-corrected chi connectivity index (χ3v) is 7.02. The minimum Gasteiger partial charge on any atom is -0.384 e. The molecule has 0 unspecified atom stereocenters. The standard InChI is InChI=1S/C29H25F3N8O2/c1-16(2)39-14-22(29(30,31)32)37-26(39)19-7-8-20(18(10-19)4-3-9-41)13-40-27-21(12-36-40)11-33-25(38-27)23-24(17-5-6-17)34-15-35-28(23)42/h7-8,10-12,14-17,41H,5-6,9,13H2,1-2H3,(H,34,35,42). The summed E-state index contributed by atoms with van der Waals surface area (Å²) in [6, 6.07) is 4.81. The van der Waals surface area contributed by atoms with Gasteiger partial charge in [0.1, 0.15) is 18.0 Å². The molecular formula is C29H25F3N8O2. The molecule has 13 heteroatoms. The Labute approximate surface area is 237 Å². The van der Waals surface area contributed by atoms with Crippen molar-refractivity contribution in [3.8, 4) is 34.6 Å². The average Bonchev–Trinajstić information content (AvgIpc) is 3.57. The molecule has 1 aliphatic rings. The van der Waals surface area contributed by atoms with Gasteiger partial charge in [-0.1, -0.05) is 24.0 Å². The molecule has 4 aromatic heterocycles. The smallest absolute Gasteiger partial charge is 0.384 e. The number of nitrogens with one attached hydrogen (secondary N) is 1. The van der Waals surface area contributed by atoms with Gasteiger partial charge in [0.15, 0.2) is 17.2 Å². The summed E-state index contributed by atoms with van der Waals surface area (Å²) >= 11 is 0. The van der Waals surface area contributed by atoms with Crippen molar-refractivity contribution in [2.45, 2.75) is 51.4 Å². The van der Waals surface area contributed by atoms with E-state index in [0.29, 0.717) is 39.0 Å². The Hall–Kier alpha value is -4.83. The van der Waals surface area contributed by atoms with Crippen LogP contribution in [0.4, 0.5) is 13.2 Å². The molecule has 0 spiro atoms. The highest BCUT2D eigenvalue weighted by molar-refractivity contribution is 5.76. The van der Waals surface area contributed by atoms with Crippen LogP contribution in [0.2, 0.25) is 0 Å². The molecule has 1 saturated carbocycles. The first-order valence-electron chi connectivity index (χ1n) is 13.3. The van der Waals surface area contributed by atoms with Crippen molar-refractivity contribution in [1.29, 1.82) is 0 Å². The lowest BCUT2D eigenvalue weighted by atomic mass is 10.0. The monoisotopic (exact) mass is 574 g/mol. The fourth-order valence-electron chi connectivity index (χ4n) is 4.80. The first-order valence-corrected chi connectivity index (χ1v) is 13.3. The third kappa shape index (κ3) is 5.16. The number of H-pyrrole nitrogens is 1. The van der Waals surface area contributed by atoms with Gasteiger partial charge in [-0.2, -0.15) is 18.3 Å².